The number of hydrogen-bond acceptors (Lipinski definition) is 4. The summed E-state index contributed by atoms with van der Waals surface area (Å²) >= 11 is 3.31. The number of piperidine rings is 1. The van der Waals surface area contributed by atoms with Crippen LogP contribution >= 0.6 is 15.9 Å². The van der Waals surface area contributed by atoms with E-state index >= 15 is 0 Å². The first-order valence-corrected chi connectivity index (χ1v) is 11.3. The first-order valence-electron chi connectivity index (χ1n) is 9.02. The Kier molecular flexibility index (Phi) is 6.42. The van der Waals surface area contributed by atoms with Crippen LogP contribution in [0.1, 0.15) is 18.4 Å². The van der Waals surface area contributed by atoms with Crippen LogP contribution in [0.4, 0.5) is 5.69 Å². The maximum absolute atomic E-state index is 12.8. The van der Waals surface area contributed by atoms with Crippen molar-refractivity contribution in [3.63, 3.8) is 0 Å². The van der Waals surface area contributed by atoms with E-state index in [1.54, 1.807) is 31.4 Å². The maximum Gasteiger partial charge on any atom is 0.243 e. The van der Waals surface area contributed by atoms with Crippen molar-refractivity contribution in [1.29, 1.82) is 0 Å². The van der Waals surface area contributed by atoms with Gasteiger partial charge in [0.2, 0.25) is 15.9 Å². The first kappa shape index (κ1) is 20.8. The lowest BCUT2D eigenvalue weighted by atomic mass is 9.97. The molecule has 8 heteroatoms. The highest BCUT2D eigenvalue weighted by Gasteiger charge is 2.32. The topological polar surface area (TPSA) is 75.7 Å². The molecule has 2 aromatic rings. The third-order valence-electron chi connectivity index (χ3n) is 4.89. The van der Waals surface area contributed by atoms with Crippen molar-refractivity contribution in [2.45, 2.75) is 24.7 Å². The molecule has 0 bridgehead atoms. The second kappa shape index (κ2) is 8.63. The smallest absolute Gasteiger partial charge is 0.243 e. The van der Waals surface area contributed by atoms with Gasteiger partial charge in [-0.15, -0.1) is 0 Å². The molecule has 0 aromatic heterocycles. The largest absolute Gasteiger partial charge is 0.495 e. The Balaban J connectivity index is 1.64. The van der Waals surface area contributed by atoms with Crippen LogP contribution in [0, 0.1) is 12.8 Å². The van der Waals surface area contributed by atoms with E-state index < -0.39 is 10.0 Å². The van der Waals surface area contributed by atoms with Crippen molar-refractivity contribution in [2.24, 2.45) is 5.92 Å². The Morgan fingerprint density at radius 1 is 1.14 bits per heavy atom. The molecule has 28 heavy (non-hydrogen) atoms. The highest BCUT2D eigenvalue weighted by atomic mass is 79.9. The average molecular weight is 467 g/mol. The average Bonchev–Trinajstić information content (AvgIpc) is 2.68. The first-order chi connectivity index (χ1) is 13.3. The van der Waals surface area contributed by atoms with Gasteiger partial charge < -0.3 is 10.1 Å². The number of aryl methyl sites for hydroxylation is 1. The summed E-state index contributed by atoms with van der Waals surface area (Å²) in [5.41, 5.74) is 1.66. The SMILES string of the molecule is COc1ccc(C)cc1NC(=O)C1CCN(S(=O)(=O)c2ccc(Br)cc2)CC1. The Hall–Kier alpha value is -1.90. The Morgan fingerprint density at radius 2 is 1.79 bits per heavy atom. The molecule has 150 valence electrons. The number of hydrogen-bond donors (Lipinski definition) is 1. The molecule has 0 radical (unpaired) electrons. The number of carbonyl (C=O) groups is 1. The lowest BCUT2D eigenvalue weighted by molar-refractivity contribution is -0.120. The molecular formula is C20H23BrN2O4S. The third-order valence-corrected chi connectivity index (χ3v) is 7.33. The number of methoxy groups -OCH3 is 1. The van der Waals surface area contributed by atoms with E-state index in [0.717, 1.165) is 10.0 Å². The number of rotatable bonds is 5. The van der Waals surface area contributed by atoms with Crippen molar-refractivity contribution >= 4 is 37.5 Å². The molecule has 1 amide bonds. The Morgan fingerprint density at radius 3 is 2.39 bits per heavy atom. The quantitative estimate of drug-likeness (QED) is 0.726. The van der Waals surface area contributed by atoms with Gasteiger partial charge in [-0.2, -0.15) is 4.31 Å². The number of benzene rings is 2. The molecule has 1 aliphatic heterocycles. The molecule has 0 atom stereocenters. The van der Waals surface area contributed by atoms with Crippen LogP contribution < -0.4 is 10.1 Å². The molecule has 6 nitrogen and oxygen atoms in total. The van der Waals surface area contributed by atoms with Gasteiger partial charge in [0.25, 0.3) is 0 Å². The van der Waals surface area contributed by atoms with Gasteiger partial charge in [0.1, 0.15) is 5.75 Å². The number of nitrogens with zero attached hydrogens (tertiary/aromatic N) is 1. The van der Waals surface area contributed by atoms with Crippen LogP contribution in [0.15, 0.2) is 51.8 Å². The summed E-state index contributed by atoms with van der Waals surface area (Å²) in [6.07, 6.45) is 0.964. The molecule has 1 saturated heterocycles. The van der Waals surface area contributed by atoms with Gasteiger partial charge in [0.15, 0.2) is 0 Å². The second-order valence-electron chi connectivity index (χ2n) is 6.83. The van der Waals surface area contributed by atoms with Gasteiger partial charge in [-0.05, 0) is 61.7 Å². The van der Waals surface area contributed by atoms with Crippen molar-refractivity contribution in [3.05, 3.63) is 52.5 Å². The number of amides is 1. The van der Waals surface area contributed by atoms with Gasteiger partial charge in [0, 0.05) is 23.5 Å². The summed E-state index contributed by atoms with van der Waals surface area (Å²) in [6, 6.07) is 12.2. The van der Waals surface area contributed by atoms with E-state index in [1.807, 2.05) is 25.1 Å². The van der Waals surface area contributed by atoms with Crippen molar-refractivity contribution in [3.8, 4) is 5.75 Å². The highest BCUT2D eigenvalue weighted by Crippen LogP contribution is 2.29. The minimum absolute atomic E-state index is 0.107. The minimum Gasteiger partial charge on any atom is -0.495 e. The van der Waals surface area contributed by atoms with E-state index in [4.69, 9.17) is 4.74 Å². The highest BCUT2D eigenvalue weighted by molar-refractivity contribution is 9.10. The van der Waals surface area contributed by atoms with Gasteiger partial charge in [-0.3, -0.25) is 4.79 Å². The van der Waals surface area contributed by atoms with Crippen LogP contribution in [0.3, 0.4) is 0 Å². The molecule has 0 saturated carbocycles. The van der Waals surface area contributed by atoms with Gasteiger partial charge in [0.05, 0.1) is 17.7 Å². The maximum atomic E-state index is 12.8. The summed E-state index contributed by atoms with van der Waals surface area (Å²) in [4.78, 5) is 12.9. The van der Waals surface area contributed by atoms with Crippen LogP contribution in [0.2, 0.25) is 0 Å². The molecule has 1 fully saturated rings. The molecule has 3 rings (SSSR count). The van der Waals surface area contributed by atoms with Gasteiger partial charge in [-0.25, -0.2) is 8.42 Å². The number of anilines is 1. The molecule has 1 aliphatic rings. The van der Waals surface area contributed by atoms with E-state index in [0.29, 0.717) is 37.4 Å². The zero-order valence-electron chi connectivity index (χ0n) is 15.8. The summed E-state index contributed by atoms with van der Waals surface area (Å²) in [7, 11) is -1.98. The fraction of sp³-hybridized carbons (Fsp3) is 0.350. The van der Waals surface area contributed by atoms with E-state index in [2.05, 4.69) is 21.2 Å². The van der Waals surface area contributed by atoms with E-state index in [1.165, 1.54) is 4.31 Å². The molecular weight excluding hydrogens is 444 g/mol. The molecule has 2 aromatic carbocycles. The van der Waals surface area contributed by atoms with Crippen molar-refractivity contribution < 1.29 is 17.9 Å². The Labute approximate surface area is 174 Å². The fourth-order valence-corrected chi connectivity index (χ4v) is 5.00. The zero-order chi connectivity index (χ0) is 20.3. The van der Waals surface area contributed by atoms with Crippen molar-refractivity contribution in [1.82, 2.24) is 4.31 Å². The molecule has 0 spiro atoms. The number of nitrogens with one attached hydrogen (secondary N) is 1. The standard InChI is InChI=1S/C20H23BrN2O4S/c1-14-3-8-19(27-2)18(13-14)22-20(24)15-9-11-23(12-10-15)28(25,26)17-6-4-16(21)5-7-17/h3-8,13,15H,9-12H2,1-2H3,(H,22,24). The van der Waals surface area contributed by atoms with Crippen LogP contribution in [-0.4, -0.2) is 38.8 Å². The molecule has 0 aliphatic carbocycles. The summed E-state index contributed by atoms with van der Waals surface area (Å²) in [5, 5.41) is 2.93. The fourth-order valence-electron chi connectivity index (χ4n) is 3.27. The monoisotopic (exact) mass is 466 g/mol. The second-order valence-corrected chi connectivity index (χ2v) is 9.68. The predicted octanol–water partition coefficient (Wildman–Crippen LogP) is 3.81. The van der Waals surface area contributed by atoms with E-state index in [-0.39, 0.29) is 16.7 Å². The summed E-state index contributed by atoms with van der Waals surface area (Å²) < 4.78 is 33.1. The normalized spacial score (nSPS) is 16.0. The number of halogens is 1. The van der Waals surface area contributed by atoms with Crippen LogP contribution in [0.25, 0.3) is 0 Å². The molecule has 0 unspecified atom stereocenters. The lowest BCUT2D eigenvalue weighted by Gasteiger charge is -2.30. The van der Waals surface area contributed by atoms with E-state index in [9.17, 15) is 13.2 Å². The van der Waals surface area contributed by atoms with Crippen LogP contribution in [0.5, 0.6) is 5.75 Å². The lowest BCUT2D eigenvalue weighted by Crippen LogP contribution is -2.41. The van der Waals surface area contributed by atoms with Gasteiger partial charge >= 0.3 is 0 Å². The summed E-state index contributed by atoms with van der Waals surface area (Å²) in [5.74, 6) is 0.264. The summed E-state index contributed by atoms with van der Waals surface area (Å²) in [6.45, 7) is 2.59. The zero-order valence-corrected chi connectivity index (χ0v) is 18.2. The predicted molar refractivity (Wildman–Crippen MR) is 112 cm³/mol. The Bertz CT molecular complexity index is 953. The molecule has 1 heterocycles. The third kappa shape index (κ3) is 4.56. The number of sulfonamides is 1. The van der Waals surface area contributed by atoms with Crippen molar-refractivity contribution in [2.75, 3.05) is 25.5 Å². The van der Waals surface area contributed by atoms with Gasteiger partial charge in [-0.1, -0.05) is 22.0 Å². The minimum atomic E-state index is -3.54. The number of ether oxygens (including phenoxy) is 1. The van der Waals surface area contributed by atoms with Crippen LogP contribution in [-0.2, 0) is 14.8 Å². The number of carbonyl (C=O) groups excluding carboxylic acids is 1. The molecule has 1 N–H and O–H groups in total.